The zero-order valence-corrected chi connectivity index (χ0v) is 8.70. The van der Waals surface area contributed by atoms with Crippen LogP contribution in [0.2, 0.25) is 5.02 Å². The van der Waals surface area contributed by atoms with Crippen LogP contribution in [0.25, 0.3) is 11.3 Å². The number of hydrogen-bond acceptors (Lipinski definition) is 3. The number of halogens is 1. The lowest BCUT2D eigenvalue weighted by Gasteiger charge is -2.05. The third-order valence-corrected chi connectivity index (χ3v) is 2.30. The Kier molecular flexibility index (Phi) is 2.47. The number of nitrogens with zero attached hydrogens (tertiary/aromatic N) is 1. The van der Waals surface area contributed by atoms with Crippen LogP contribution >= 0.6 is 11.6 Å². The van der Waals surface area contributed by atoms with Gasteiger partial charge in [0.25, 0.3) is 0 Å². The maximum absolute atomic E-state index is 5.83. The molecule has 1 heterocycles. The summed E-state index contributed by atoms with van der Waals surface area (Å²) in [6.45, 7) is 0. The molecule has 4 heteroatoms. The van der Waals surface area contributed by atoms with Crippen LogP contribution < -0.4 is 11.5 Å². The number of anilines is 2. The number of hydrogen-bond donors (Lipinski definition) is 2. The van der Waals surface area contributed by atoms with Crippen molar-refractivity contribution in [1.29, 1.82) is 0 Å². The number of nitrogens with two attached hydrogens (primary N) is 2. The van der Waals surface area contributed by atoms with Crippen LogP contribution in [0.15, 0.2) is 36.5 Å². The molecule has 3 nitrogen and oxygen atoms in total. The molecule has 0 aliphatic heterocycles. The number of rotatable bonds is 1. The van der Waals surface area contributed by atoms with E-state index < -0.39 is 0 Å². The summed E-state index contributed by atoms with van der Waals surface area (Å²) in [4.78, 5) is 4.18. The molecule has 1 aromatic carbocycles. The Labute approximate surface area is 92.7 Å². The zero-order chi connectivity index (χ0) is 10.8. The molecule has 4 N–H and O–H groups in total. The van der Waals surface area contributed by atoms with E-state index in [1.807, 2.05) is 6.07 Å². The van der Waals surface area contributed by atoms with Gasteiger partial charge in [0.1, 0.15) is 0 Å². The summed E-state index contributed by atoms with van der Waals surface area (Å²) < 4.78 is 0. The number of nitrogen functional groups attached to an aromatic ring is 2. The summed E-state index contributed by atoms with van der Waals surface area (Å²) in [5.74, 6) is 0. The van der Waals surface area contributed by atoms with Gasteiger partial charge in [0, 0.05) is 23.1 Å². The van der Waals surface area contributed by atoms with E-state index >= 15 is 0 Å². The van der Waals surface area contributed by atoms with Gasteiger partial charge in [0.15, 0.2) is 0 Å². The van der Waals surface area contributed by atoms with Crippen LogP contribution in [-0.4, -0.2) is 4.98 Å². The van der Waals surface area contributed by atoms with E-state index in [1.165, 1.54) is 0 Å². The molecule has 0 saturated heterocycles. The minimum Gasteiger partial charge on any atom is -0.399 e. The maximum atomic E-state index is 5.83. The van der Waals surface area contributed by atoms with Gasteiger partial charge in [-0.2, -0.15) is 0 Å². The van der Waals surface area contributed by atoms with Crippen molar-refractivity contribution >= 4 is 23.0 Å². The molecule has 0 bridgehead atoms. The van der Waals surface area contributed by atoms with Crippen LogP contribution in [0, 0.1) is 0 Å². The molecule has 0 saturated carbocycles. The summed E-state index contributed by atoms with van der Waals surface area (Å²) >= 11 is 5.75. The van der Waals surface area contributed by atoms with E-state index in [2.05, 4.69) is 4.98 Å². The van der Waals surface area contributed by atoms with Crippen molar-refractivity contribution < 1.29 is 0 Å². The lowest BCUT2D eigenvalue weighted by Crippen LogP contribution is -1.94. The molecule has 0 aliphatic rings. The SMILES string of the molecule is Nc1ccc(N)c(-c2ccc(Cl)cn2)c1. The van der Waals surface area contributed by atoms with Gasteiger partial charge < -0.3 is 11.5 Å². The van der Waals surface area contributed by atoms with Crippen molar-refractivity contribution in [2.24, 2.45) is 0 Å². The van der Waals surface area contributed by atoms with E-state index in [0.29, 0.717) is 16.4 Å². The lowest BCUT2D eigenvalue weighted by atomic mass is 10.1. The van der Waals surface area contributed by atoms with Gasteiger partial charge in [-0.1, -0.05) is 11.6 Å². The molecule has 0 aliphatic carbocycles. The van der Waals surface area contributed by atoms with Gasteiger partial charge in [-0.05, 0) is 30.3 Å². The smallest absolute Gasteiger partial charge is 0.0724 e. The third-order valence-electron chi connectivity index (χ3n) is 2.08. The molecule has 76 valence electrons. The maximum Gasteiger partial charge on any atom is 0.0724 e. The van der Waals surface area contributed by atoms with E-state index in [9.17, 15) is 0 Å². The normalized spacial score (nSPS) is 10.2. The van der Waals surface area contributed by atoms with E-state index in [4.69, 9.17) is 23.1 Å². The minimum absolute atomic E-state index is 0.598. The molecule has 1 aromatic heterocycles. The Morgan fingerprint density at radius 2 is 1.87 bits per heavy atom. The summed E-state index contributed by atoms with van der Waals surface area (Å²) in [5.41, 5.74) is 14.4. The van der Waals surface area contributed by atoms with Gasteiger partial charge >= 0.3 is 0 Å². The van der Waals surface area contributed by atoms with Gasteiger partial charge in [-0.25, -0.2) is 0 Å². The average Bonchev–Trinajstić information content (AvgIpc) is 2.23. The van der Waals surface area contributed by atoms with Crippen molar-refractivity contribution in [3.8, 4) is 11.3 Å². The molecular weight excluding hydrogens is 210 g/mol. The minimum atomic E-state index is 0.598. The second kappa shape index (κ2) is 3.79. The monoisotopic (exact) mass is 219 g/mol. The molecule has 0 atom stereocenters. The van der Waals surface area contributed by atoms with Crippen molar-refractivity contribution in [1.82, 2.24) is 4.98 Å². The predicted octanol–water partition coefficient (Wildman–Crippen LogP) is 2.57. The average molecular weight is 220 g/mol. The van der Waals surface area contributed by atoms with E-state index in [-0.39, 0.29) is 0 Å². The zero-order valence-electron chi connectivity index (χ0n) is 7.94. The standard InChI is InChI=1S/C11H10ClN3/c12-7-1-4-11(15-6-7)9-5-8(13)2-3-10(9)14/h1-6H,13-14H2. The fourth-order valence-corrected chi connectivity index (χ4v) is 1.44. The number of benzene rings is 1. The van der Waals surface area contributed by atoms with Crippen LogP contribution in [-0.2, 0) is 0 Å². The van der Waals surface area contributed by atoms with Gasteiger partial charge in [0.05, 0.1) is 10.7 Å². The second-order valence-electron chi connectivity index (χ2n) is 3.21. The first-order valence-corrected chi connectivity index (χ1v) is 4.81. The molecule has 15 heavy (non-hydrogen) atoms. The van der Waals surface area contributed by atoms with Gasteiger partial charge in [0.2, 0.25) is 0 Å². The summed E-state index contributed by atoms with van der Waals surface area (Å²) in [5, 5.41) is 0.598. The quantitative estimate of drug-likeness (QED) is 0.725. The Morgan fingerprint density at radius 3 is 2.53 bits per heavy atom. The van der Waals surface area contributed by atoms with E-state index in [0.717, 1.165) is 11.3 Å². The topological polar surface area (TPSA) is 64.9 Å². The van der Waals surface area contributed by atoms with E-state index in [1.54, 1.807) is 30.5 Å². The molecule has 0 spiro atoms. The Hall–Kier alpha value is -1.74. The molecule has 2 aromatic rings. The van der Waals surface area contributed by atoms with Crippen molar-refractivity contribution in [3.63, 3.8) is 0 Å². The molecule has 2 rings (SSSR count). The largest absolute Gasteiger partial charge is 0.399 e. The van der Waals surface area contributed by atoms with Crippen LogP contribution in [0.1, 0.15) is 0 Å². The van der Waals surface area contributed by atoms with Crippen molar-refractivity contribution in [2.45, 2.75) is 0 Å². The first-order valence-electron chi connectivity index (χ1n) is 4.44. The molecule has 0 unspecified atom stereocenters. The third kappa shape index (κ3) is 2.02. The Morgan fingerprint density at radius 1 is 1.07 bits per heavy atom. The van der Waals surface area contributed by atoms with Crippen molar-refractivity contribution in [2.75, 3.05) is 11.5 Å². The van der Waals surface area contributed by atoms with Gasteiger partial charge in [-0.3, -0.25) is 4.98 Å². The molecule has 0 radical (unpaired) electrons. The highest BCUT2D eigenvalue weighted by Gasteiger charge is 2.04. The Bertz CT molecular complexity index is 480. The second-order valence-corrected chi connectivity index (χ2v) is 3.64. The first kappa shape index (κ1) is 9.80. The highest BCUT2D eigenvalue weighted by Crippen LogP contribution is 2.26. The van der Waals surface area contributed by atoms with Gasteiger partial charge in [-0.15, -0.1) is 0 Å². The fourth-order valence-electron chi connectivity index (χ4n) is 1.33. The highest BCUT2D eigenvalue weighted by molar-refractivity contribution is 6.30. The number of aromatic nitrogens is 1. The molecule has 0 fully saturated rings. The Balaban J connectivity index is 2.53. The summed E-state index contributed by atoms with van der Waals surface area (Å²) in [6.07, 6.45) is 1.58. The van der Waals surface area contributed by atoms with Crippen LogP contribution in [0.5, 0.6) is 0 Å². The lowest BCUT2D eigenvalue weighted by molar-refractivity contribution is 1.33. The molecule has 0 amide bonds. The van der Waals surface area contributed by atoms with Crippen LogP contribution in [0.3, 0.4) is 0 Å². The number of pyridine rings is 1. The van der Waals surface area contributed by atoms with Crippen LogP contribution in [0.4, 0.5) is 11.4 Å². The fraction of sp³-hybridized carbons (Fsp3) is 0. The summed E-state index contributed by atoms with van der Waals surface area (Å²) in [6, 6.07) is 8.90. The highest BCUT2D eigenvalue weighted by atomic mass is 35.5. The van der Waals surface area contributed by atoms with Crippen molar-refractivity contribution in [3.05, 3.63) is 41.6 Å². The predicted molar refractivity (Wildman–Crippen MR) is 63.5 cm³/mol. The molecular formula is C11H10ClN3. The summed E-state index contributed by atoms with van der Waals surface area (Å²) in [7, 11) is 0. The first-order chi connectivity index (χ1) is 7.16.